The lowest BCUT2D eigenvalue weighted by molar-refractivity contribution is 0.584. The molecule has 0 aliphatic rings. The van der Waals surface area contributed by atoms with E-state index in [2.05, 4.69) is 20.7 Å². The van der Waals surface area contributed by atoms with Crippen LogP contribution in [0.5, 0.6) is 0 Å². The fraction of sp³-hybridized carbons (Fsp3) is 0.167. The number of benzene rings is 1. The van der Waals surface area contributed by atoms with Crippen molar-refractivity contribution in [2.75, 3.05) is 12.3 Å². The number of nitrogen functional groups attached to an aromatic ring is 1. The SMILES string of the molecule is Nc1ccc(CCNS(=O)(=O)c2cc(Cl)c(Br)s2)cc1. The van der Waals surface area contributed by atoms with E-state index in [-0.39, 0.29) is 4.21 Å². The Hall–Kier alpha value is -0.600. The van der Waals surface area contributed by atoms with Gasteiger partial charge in [0.05, 0.1) is 8.81 Å². The molecule has 4 nitrogen and oxygen atoms in total. The summed E-state index contributed by atoms with van der Waals surface area (Å²) in [5.41, 5.74) is 7.30. The number of hydrogen-bond donors (Lipinski definition) is 2. The second-order valence-corrected chi connectivity index (χ2v) is 8.85. The molecule has 1 heterocycles. The van der Waals surface area contributed by atoms with Crippen LogP contribution in [0.3, 0.4) is 0 Å². The van der Waals surface area contributed by atoms with Crippen LogP contribution in [0.4, 0.5) is 5.69 Å². The number of anilines is 1. The van der Waals surface area contributed by atoms with E-state index in [0.717, 1.165) is 16.9 Å². The third-order valence-electron chi connectivity index (χ3n) is 2.57. The zero-order chi connectivity index (χ0) is 14.8. The lowest BCUT2D eigenvalue weighted by atomic mass is 10.1. The van der Waals surface area contributed by atoms with Crippen LogP contribution in [0.1, 0.15) is 5.56 Å². The number of halogens is 2. The van der Waals surface area contributed by atoms with Gasteiger partial charge < -0.3 is 5.73 Å². The molecule has 0 radical (unpaired) electrons. The lowest BCUT2D eigenvalue weighted by Crippen LogP contribution is -2.25. The maximum atomic E-state index is 12.0. The smallest absolute Gasteiger partial charge is 0.250 e. The minimum atomic E-state index is -3.51. The molecule has 2 rings (SSSR count). The Morgan fingerprint density at radius 1 is 1.30 bits per heavy atom. The molecule has 8 heteroatoms. The summed E-state index contributed by atoms with van der Waals surface area (Å²) in [7, 11) is -3.51. The van der Waals surface area contributed by atoms with Gasteiger partial charge in [0.25, 0.3) is 0 Å². The van der Waals surface area contributed by atoms with Crippen molar-refractivity contribution in [2.45, 2.75) is 10.6 Å². The minimum absolute atomic E-state index is 0.201. The summed E-state index contributed by atoms with van der Waals surface area (Å²) in [5.74, 6) is 0. The van der Waals surface area contributed by atoms with Crippen LogP contribution in [-0.2, 0) is 16.4 Å². The van der Waals surface area contributed by atoms with E-state index >= 15 is 0 Å². The molecule has 0 spiro atoms. The van der Waals surface area contributed by atoms with Crippen molar-refractivity contribution in [2.24, 2.45) is 0 Å². The number of rotatable bonds is 5. The van der Waals surface area contributed by atoms with Crippen LogP contribution in [0.15, 0.2) is 38.3 Å². The third-order valence-corrected chi connectivity index (χ3v) is 6.98. The highest BCUT2D eigenvalue weighted by atomic mass is 79.9. The van der Waals surface area contributed by atoms with Crippen molar-refractivity contribution in [1.29, 1.82) is 0 Å². The van der Waals surface area contributed by atoms with Crippen LogP contribution < -0.4 is 10.5 Å². The summed E-state index contributed by atoms with van der Waals surface area (Å²) in [6, 6.07) is 8.77. The zero-order valence-corrected chi connectivity index (χ0v) is 14.2. The van der Waals surface area contributed by atoms with E-state index in [1.807, 2.05) is 12.1 Å². The molecule has 3 N–H and O–H groups in total. The second-order valence-electron chi connectivity index (χ2n) is 4.08. The average Bonchev–Trinajstić information content (AvgIpc) is 2.73. The Kier molecular flexibility index (Phi) is 5.09. The van der Waals surface area contributed by atoms with Gasteiger partial charge in [0, 0.05) is 12.2 Å². The molecule has 0 saturated carbocycles. The molecule has 0 atom stereocenters. The van der Waals surface area contributed by atoms with E-state index in [0.29, 0.717) is 27.5 Å². The zero-order valence-electron chi connectivity index (χ0n) is 10.3. The predicted molar refractivity (Wildman–Crippen MR) is 86.8 cm³/mol. The highest BCUT2D eigenvalue weighted by Crippen LogP contribution is 2.34. The molecule has 108 valence electrons. The van der Waals surface area contributed by atoms with Crippen LogP contribution in [0, 0.1) is 0 Å². The fourth-order valence-corrected chi connectivity index (χ4v) is 5.02. The van der Waals surface area contributed by atoms with Gasteiger partial charge in [-0.05, 0) is 46.1 Å². The normalized spacial score (nSPS) is 11.7. The molecule has 20 heavy (non-hydrogen) atoms. The Morgan fingerprint density at radius 3 is 2.50 bits per heavy atom. The number of hydrogen-bond acceptors (Lipinski definition) is 4. The average molecular weight is 396 g/mol. The second kappa shape index (κ2) is 6.44. The van der Waals surface area contributed by atoms with Gasteiger partial charge in [-0.3, -0.25) is 0 Å². The topological polar surface area (TPSA) is 72.2 Å². The van der Waals surface area contributed by atoms with Gasteiger partial charge in [0.15, 0.2) is 0 Å². The van der Waals surface area contributed by atoms with Gasteiger partial charge in [-0.15, -0.1) is 11.3 Å². The number of thiophene rings is 1. The Morgan fingerprint density at radius 2 is 1.95 bits per heavy atom. The van der Waals surface area contributed by atoms with E-state index in [1.54, 1.807) is 12.1 Å². The molecule has 1 aromatic carbocycles. The van der Waals surface area contributed by atoms with Crippen LogP contribution in [0.25, 0.3) is 0 Å². The van der Waals surface area contributed by atoms with Crippen molar-refractivity contribution >= 4 is 54.6 Å². The molecule has 1 aromatic heterocycles. The van der Waals surface area contributed by atoms with Crippen molar-refractivity contribution in [3.63, 3.8) is 0 Å². The van der Waals surface area contributed by atoms with Gasteiger partial charge in [-0.25, -0.2) is 13.1 Å². The standard InChI is InChI=1S/C12H12BrClN2O2S2/c13-12-10(14)7-11(19-12)20(17,18)16-6-5-8-1-3-9(15)4-2-8/h1-4,7,16H,5-6,15H2. The first-order chi connectivity index (χ1) is 9.38. The van der Waals surface area contributed by atoms with E-state index in [9.17, 15) is 8.42 Å². The molecule has 2 aromatic rings. The molecule has 0 aliphatic carbocycles. The van der Waals surface area contributed by atoms with Crippen LogP contribution >= 0.6 is 38.9 Å². The fourth-order valence-electron chi connectivity index (χ4n) is 1.54. The number of nitrogens with one attached hydrogen (secondary N) is 1. The quantitative estimate of drug-likeness (QED) is 0.763. The Balaban J connectivity index is 1.97. The van der Waals surface area contributed by atoms with Gasteiger partial charge in [-0.2, -0.15) is 0 Å². The van der Waals surface area contributed by atoms with Crippen molar-refractivity contribution < 1.29 is 8.42 Å². The van der Waals surface area contributed by atoms with E-state index < -0.39 is 10.0 Å². The summed E-state index contributed by atoms with van der Waals surface area (Å²) in [4.78, 5) is 0. The summed E-state index contributed by atoms with van der Waals surface area (Å²) in [6.45, 7) is 0.319. The summed E-state index contributed by atoms with van der Waals surface area (Å²) >= 11 is 10.1. The first kappa shape index (κ1) is 15.8. The van der Waals surface area contributed by atoms with Crippen molar-refractivity contribution in [3.8, 4) is 0 Å². The molecule has 0 unspecified atom stereocenters. The highest BCUT2D eigenvalue weighted by Gasteiger charge is 2.18. The summed E-state index contributed by atoms with van der Waals surface area (Å²) < 4.78 is 27.4. The monoisotopic (exact) mass is 394 g/mol. The van der Waals surface area contributed by atoms with E-state index in [1.165, 1.54) is 6.07 Å². The lowest BCUT2D eigenvalue weighted by Gasteiger charge is -2.05. The molecule has 0 aliphatic heterocycles. The molecular weight excluding hydrogens is 384 g/mol. The van der Waals surface area contributed by atoms with Crippen molar-refractivity contribution in [1.82, 2.24) is 4.72 Å². The minimum Gasteiger partial charge on any atom is -0.399 e. The molecule has 0 saturated heterocycles. The summed E-state index contributed by atoms with van der Waals surface area (Å²) in [6.07, 6.45) is 0.597. The summed E-state index contributed by atoms with van der Waals surface area (Å²) in [5, 5.41) is 0.397. The van der Waals surface area contributed by atoms with Gasteiger partial charge in [0.1, 0.15) is 4.21 Å². The molecule has 0 bridgehead atoms. The number of sulfonamides is 1. The predicted octanol–water partition coefficient (Wildman–Crippen LogP) is 3.27. The first-order valence-corrected chi connectivity index (χ1v) is 9.14. The first-order valence-electron chi connectivity index (χ1n) is 5.67. The molecule has 0 amide bonds. The molecular formula is C12H12BrClN2O2S2. The van der Waals surface area contributed by atoms with Gasteiger partial charge in [0.2, 0.25) is 10.0 Å². The largest absolute Gasteiger partial charge is 0.399 e. The van der Waals surface area contributed by atoms with Crippen molar-refractivity contribution in [3.05, 3.63) is 44.7 Å². The third kappa shape index (κ3) is 3.95. The maximum absolute atomic E-state index is 12.0. The van der Waals surface area contributed by atoms with Gasteiger partial charge in [-0.1, -0.05) is 23.7 Å². The highest BCUT2D eigenvalue weighted by molar-refractivity contribution is 9.11. The number of nitrogens with two attached hydrogens (primary N) is 1. The van der Waals surface area contributed by atoms with Crippen LogP contribution in [0.2, 0.25) is 5.02 Å². The van der Waals surface area contributed by atoms with Crippen LogP contribution in [-0.4, -0.2) is 15.0 Å². The molecule has 0 fully saturated rings. The van der Waals surface area contributed by atoms with E-state index in [4.69, 9.17) is 17.3 Å². The Bertz CT molecular complexity index is 679. The van der Waals surface area contributed by atoms with Gasteiger partial charge >= 0.3 is 0 Å². The Labute approximate surface area is 135 Å². The maximum Gasteiger partial charge on any atom is 0.250 e.